The van der Waals surface area contributed by atoms with Gasteiger partial charge in [-0.2, -0.15) is 0 Å². The van der Waals surface area contributed by atoms with Gasteiger partial charge >= 0.3 is 0 Å². The summed E-state index contributed by atoms with van der Waals surface area (Å²) in [4.78, 5) is 12.3. The van der Waals surface area contributed by atoms with Gasteiger partial charge in [-0.15, -0.1) is 0 Å². The topological polar surface area (TPSA) is 41.1 Å². The molecule has 0 spiro atoms. The number of para-hydroxylation sites is 2. The number of hydrogen-bond acceptors (Lipinski definition) is 2. The lowest BCUT2D eigenvalue weighted by Gasteiger charge is -2.19. The van der Waals surface area contributed by atoms with Gasteiger partial charge in [0, 0.05) is 11.4 Å². The smallest absolute Gasteiger partial charge is 0.246 e. The first-order valence-electron chi connectivity index (χ1n) is 6.88. The molecule has 2 aromatic carbocycles. The van der Waals surface area contributed by atoms with Crippen LogP contribution in [0.25, 0.3) is 0 Å². The van der Waals surface area contributed by atoms with E-state index in [1.165, 1.54) is 0 Å². The zero-order valence-electron chi connectivity index (χ0n) is 11.9. The molecule has 0 unspecified atom stereocenters. The lowest BCUT2D eigenvalue weighted by Crippen LogP contribution is -2.34. The summed E-state index contributed by atoms with van der Waals surface area (Å²) in [7, 11) is 0. The Bertz CT molecular complexity index is 566. The molecule has 104 valence electrons. The molecule has 0 heterocycles. The molecule has 0 bridgehead atoms. The lowest BCUT2D eigenvalue weighted by atomic mass is 10.1. The van der Waals surface area contributed by atoms with Gasteiger partial charge in [-0.1, -0.05) is 43.3 Å². The monoisotopic (exact) mass is 268 g/mol. The summed E-state index contributed by atoms with van der Waals surface area (Å²) in [5.41, 5.74) is 2.96. The number of rotatable bonds is 5. The molecule has 0 saturated heterocycles. The Kier molecular flexibility index (Phi) is 4.77. The van der Waals surface area contributed by atoms with Crippen LogP contribution in [0.1, 0.15) is 18.9 Å². The predicted molar refractivity (Wildman–Crippen MR) is 84.0 cm³/mol. The van der Waals surface area contributed by atoms with Crippen molar-refractivity contribution in [1.82, 2.24) is 0 Å². The fraction of sp³-hybridized carbons (Fsp3) is 0.235. The number of benzene rings is 2. The van der Waals surface area contributed by atoms with Gasteiger partial charge in [0.1, 0.15) is 6.04 Å². The average Bonchev–Trinajstić information content (AvgIpc) is 2.47. The van der Waals surface area contributed by atoms with Gasteiger partial charge in [0.2, 0.25) is 5.91 Å². The number of hydrogen-bond donors (Lipinski definition) is 2. The van der Waals surface area contributed by atoms with Crippen LogP contribution in [0.4, 0.5) is 11.4 Å². The Morgan fingerprint density at radius 1 is 1.05 bits per heavy atom. The Morgan fingerprint density at radius 3 is 2.35 bits per heavy atom. The van der Waals surface area contributed by atoms with E-state index in [0.717, 1.165) is 23.4 Å². The summed E-state index contributed by atoms with van der Waals surface area (Å²) in [6.45, 7) is 4.03. The van der Waals surface area contributed by atoms with Crippen molar-refractivity contribution in [2.45, 2.75) is 26.3 Å². The summed E-state index contributed by atoms with van der Waals surface area (Å²) in [5.74, 6) is -0.0121. The first kappa shape index (κ1) is 14.1. The molecule has 3 nitrogen and oxygen atoms in total. The van der Waals surface area contributed by atoms with Crippen molar-refractivity contribution in [1.29, 1.82) is 0 Å². The van der Waals surface area contributed by atoms with Crippen molar-refractivity contribution in [3.05, 3.63) is 60.2 Å². The highest BCUT2D eigenvalue weighted by Crippen LogP contribution is 2.16. The molecule has 0 saturated carbocycles. The fourth-order valence-electron chi connectivity index (χ4n) is 2.03. The second-order valence-corrected chi connectivity index (χ2v) is 4.78. The molecular weight excluding hydrogens is 248 g/mol. The largest absolute Gasteiger partial charge is 0.373 e. The highest BCUT2D eigenvalue weighted by molar-refractivity contribution is 5.96. The van der Waals surface area contributed by atoms with Crippen LogP contribution < -0.4 is 10.6 Å². The van der Waals surface area contributed by atoms with Crippen LogP contribution in [0.3, 0.4) is 0 Å². The molecule has 2 N–H and O–H groups in total. The maximum Gasteiger partial charge on any atom is 0.246 e. The third-order valence-corrected chi connectivity index (χ3v) is 3.24. The number of carbonyl (C=O) groups excluding carboxylic acids is 1. The van der Waals surface area contributed by atoms with Crippen LogP contribution in [-0.4, -0.2) is 11.9 Å². The maximum atomic E-state index is 12.3. The quantitative estimate of drug-likeness (QED) is 0.865. The van der Waals surface area contributed by atoms with Crippen LogP contribution in [0.2, 0.25) is 0 Å². The molecule has 1 amide bonds. The number of amides is 1. The minimum Gasteiger partial charge on any atom is -0.373 e. The summed E-state index contributed by atoms with van der Waals surface area (Å²) < 4.78 is 0. The van der Waals surface area contributed by atoms with Crippen LogP contribution >= 0.6 is 0 Å². The molecule has 0 radical (unpaired) electrons. The van der Waals surface area contributed by atoms with Crippen LogP contribution in [-0.2, 0) is 4.79 Å². The number of aryl methyl sites for hydroxylation is 1. The summed E-state index contributed by atoms with van der Waals surface area (Å²) in [5, 5.41) is 6.24. The molecule has 0 aliphatic heterocycles. The molecule has 0 aliphatic rings. The highest BCUT2D eigenvalue weighted by atomic mass is 16.2. The van der Waals surface area contributed by atoms with Gasteiger partial charge in [-0.25, -0.2) is 0 Å². The molecule has 1 atom stereocenters. The third kappa shape index (κ3) is 3.60. The van der Waals surface area contributed by atoms with Crippen molar-refractivity contribution in [3.63, 3.8) is 0 Å². The van der Waals surface area contributed by atoms with E-state index in [2.05, 4.69) is 10.6 Å². The Labute approximate surface area is 120 Å². The molecule has 2 aromatic rings. The number of carbonyl (C=O) groups is 1. The maximum absolute atomic E-state index is 12.3. The second kappa shape index (κ2) is 6.75. The van der Waals surface area contributed by atoms with Gasteiger partial charge in [-0.05, 0) is 37.1 Å². The van der Waals surface area contributed by atoms with Crippen LogP contribution in [0.5, 0.6) is 0 Å². The predicted octanol–water partition coefficient (Wildman–Crippen LogP) is 3.82. The van der Waals surface area contributed by atoms with Crippen molar-refractivity contribution in [3.8, 4) is 0 Å². The molecular formula is C17H20N2O. The SMILES string of the molecule is CC[C@@H](Nc1ccccc1C)C(=O)Nc1ccccc1. The van der Waals surface area contributed by atoms with E-state index >= 15 is 0 Å². The Morgan fingerprint density at radius 2 is 1.70 bits per heavy atom. The molecule has 0 aromatic heterocycles. The van der Waals surface area contributed by atoms with Gasteiger partial charge < -0.3 is 10.6 Å². The van der Waals surface area contributed by atoms with Gasteiger partial charge in [0.05, 0.1) is 0 Å². The summed E-state index contributed by atoms with van der Waals surface area (Å²) >= 11 is 0. The first-order valence-corrected chi connectivity index (χ1v) is 6.88. The molecule has 20 heavy (non-hydrogen) atoms. The van der Waals surface area contributed by atoms with Gasteiger partial charge in [-0.3, -0.25) is 4.79 Å². The van der Waals surface area contributed by atoms with Crippen molar-refractivity contribution < 1.29 is 4.79 Å². The standard InChI is InChI=1S/C17H20N2O/c1-3-15(19-16-12-8-7-9-13(16)2)17(20)18-14-10-5-4-6-11-14/h4-12,15,19H,3H2,1-2H3,(H,18,20)/t15-/m1/s1. The van der Waals surface area contributed by atoms with E-state index in [1.807, 2.05) is 68.4 Å². The van der Waals surface area contributed by atoms with E-state index in [4.69, 9.17) is 0 Å². The molecule has 2 rings (SSSR count). The van der Waals surface area contributed by atoms with Crippen molar-refractivity contribution >= 4 is 17.3 Å². The van der Waals surface area contributed by atoms with Gasteiger partial charge in [0.25, 0.3) is 0 Å². The second-order valence-electron chi connectivity index (χ2n) is 4.78. The number of anilines is 2. The van der Waals surface area contributed by atoms with E-state index in [9.17, 15) is 4.79 Å². The first-order chi connectivity index (χ1) is 9.70. The third-order valence-electron chi connectivity index (χ3n) is 3.24. The Hall–Kier alpha value is -2.29. The highest BCUT2D eigenvalue weighted by Gasteiger charge is 2.16. The fourth-order valence-corrected chi connectivity index (χ4v) is 2.03. The summed E-state index contributed by atoms with van der Waals surface area (Å²) in [6, 6.07) is 17.3. The summed E-state index contributed by atoms with van der Waals surface area (Å²) in [6.07, 6.45) is 0.729. The minimum atomic E-state index is -0.240. The molecule has 0 aliphatic carbocycles. The Balaban J connectivity index is 2.05. The normalized spacial score (nSPS) is 11.7. The van der Waals surface area contributed by atoms with E-state index < -0.39 is 0 Å². The van der Waals surface area contributed by atoms with Crippen molar-refractivity contribution in [2.75, 3.05) is 10.6 Å². The zero-order chi connectivity index (χ0) is 14.4. The van der Waals surface area contributed by atoms with E-state index in [0.29, 0.717) is 0 Å². The van der Waals surface area contributed by atoms with Crippen LogP contribution in [0, 0.1) is 6.92 Å². The minimum absolute atomic E-state index is 0.0121. The average molecular weight is 268 g/mol. The molecule has 3 heteroatoms. The van der Waals surface area contributed by atoms with Crippen molar-refractivity contribution in [2.24, 2.45) is 0 Å². The zero-order valence-corrected chi connectivity index (χ0v) is 11.9. The van der Waals surface area contributed by atoms with Crippen LogP contribution in [0.15, 0.2) is 54.6 Å². The molecule has 0 fully saturated rings. The van der Waals surface area contributed by atoms with Gasteiger partial charge in [0.15, 0.2) is 0 Å². The number of nitrogens with one attached hydrogen (secondary N) is 2. The van der Waals surface area contributed by atoms with E-state index in [-0.39, 0.29) is 11.9 Å². The van der Waals surface area contributed by atoms with E-state index in [1.54, 1.807) is 0 Å². The lowest BCUT2D eigenvalue weighted by molar-refractivity contribution is -0.116.